The first-order valence-electron chi connectivity index (χ1n) is 5.94. The van der Waals surface area contributed by atoms with E-state index in [1.807, 2.05) is 0 Å². The van der Waals surface area contributed by atoms with Crippen LogP contribution in [0.2, 0.25) is 10.0 Å². The van der Waals surface area contributed by atoms with Gasteiger partial charge in [-0.05, 0) is 19.1 Å². The van der Waals surface area contributed by atoms with Crippen LogP contribution >= 0.6 is 46.4 Å². The van der Waals surface area contributed by atoms with Gasteiger partial charge in [-0.1, -0.05) is 46.4 Å². The molecule has 0 aliphatic carbocycles. The van der Waals surface area contributed by atoms with Crippen LogP contribution < -0.4 is 0 Å². The maximum Gasteiger partial charge on any atom is 0.416 e. The number of rotatable bonds is 3. The number of benzene rings is 1. The minimum atomic E-state index is -4.64. The van der Waals surface area contributed by atoms with Gasteiger partial charge >= 0.3 is 10.1 Å². The van der Waals surface area contributed by atoms with E-state index in [1.165, 1.54) is 6.92 Å². The number of nitrogens with zero attached hydrogens (tertiary/aromatic N) is 2. The number of halogens is 8. The van der Waals surface area contributed by atoms with E-state index in [-0.39, 0.29) is 26.3 Å². The van der Waals surface area contributed by atoms with Crippen molar-refractivity contribution >= 4 is 57.2 Å². The third kappa shape index (κ3) is 3.99. The van der Waals surface area contributed by atoms with Crippen molar-refractivity contribution in [2.45, 2.75) is 21.9 Å². The van der Waals surface area contributed by atoms with Crippen LogP contribution in [0.15, 0.2) is 23.2 Å². The highest BCUT2D eigenvalue weighted by Gasteiger charge is 2.36. The van der Waals surface area contributed by atoms with Gasteiger partial charge in [-0.3, -0.25) is 0 Å². The zero-order chi connectivity index (χ0) is 18.4. The van der Waals surface area contributed by atoms with Gasteiger partial charge in [-0.25, -0.2) is 8.89 Å². The van der Waals surface area contributed by atoms with Crippen LogP contribution in [-0.2, 0) is 17.0 Å². The Labute approximate surface area is 155 Å². The Kier molecular flexibility index (Phi) is 5.47. The summed E-state index contributed by atoms with van der Waals surface area (Å²) in [4.78, 5) is -0.158. The Morgan fingerprint density at radius 1 is 1.12 bits per heavy atom. The molecule has 0 bridgehead atoms. The van der Waals surface area contributed by atoms with Gasteiger partial charge in [0.1, 0.15) is 16.5 Å². The highest BCUT2D eigenvalue weighted by atomic mass is 35.5. The first-order valence-corrected chi connectivity index (χ1v) is 8.60. The van der Waals surface area contributed by atoms with Gasteiger partial charge in [0.2, 0.25) is 0 Å². The van der Waals surface area contributed by atoms with Crippen molar-refractivity contribution in [3.8, 4) is 5.69 Å². The molecule has 0 amide bonds. The second-order valence-electron chi connectivity index (χ2n) is 4.52. The molecule has 0 fully saturated rings. The van der Waals surface area contributed by atoms with Gasteiger partial charge in [-0.15, -0.1) is 0 Å². The largest absolute Gasteiger partial charge is 0.416 e. The fourth-order valence-corrected chi connectivity index (χ4v) is 3.73. The van der Waals surface area contributed by atoms with Crippen LogP contribution in [0.4, 0.5) is 17.6 Å². The number of hydrogen-bond acceptors (Lipinski definition) is 2. The summed E-state index contributed by atoms with van der Waals surface area (Å²) in [5.41, 5.74) is -1.05. The molecule has 0 aliphatic rings. The molecule has 1 heterocycles. The van der Waals surface area contributed by atoms with E-state index in [0.717, 1.165) is 10.9 Å². The molecule has 24 heavy (non-hydrogen) atoms. The highest BCUT2D eigenvalue weighted by molar-refractivity contribution is 7.89. The Bertz CT molecular complexity index is 793. The van der Waals surface area contributed by atoms with E-state index >= 15 is 0 Å². The molecular formula is C12H6Cl4F4N2OS. The molecule has 1 unspecified atom stereocenters. The molecule has 3 nitrogen and oxygen atoms in total. The SMILES string of the molecule is Cc1nn(-c2c(Cl)cc(C(F)(F)F)cc2Cl)cc1S(=O)C(F)(Cl)Cl. The highest BCUT2D eigenvalue weighted by Crippen LogP contribution is 2.38. The quantitative estimate of drug-likeness (QED) is 0.452. The van der Waals surface area contributed by atoms with Crippen LogP contribution in [0.5, 0.6) is 0 Å². The van der Waals surface area contributed by atoms with E-state index in [2.05, 4.69) is 5.10 Å². The Morgan fingerprint density at radius 2 is 1.62 bits per heavy atom. The summed E-state index contributed by atoms with van der Waals surface area (Å²) in [6.07, 6.45) is -3.56. The van der Waals surface area contributed by atoms with E-state index in [0.29, 0.717) is 12.1 Å². The molecule has 0 spiro atoms. The van der Waals surface area contributed by atoms with E-state index < -0.39 is 26.5 Å². The first-order chi connectivity index (χ1) is 10.8. The van der Waals surface area contributed by atoms with Gasteiger partial charge in [0.05, 0.1) is 26.2 Å². The summed E-state index contributed by atoms with van der Waals surface area (Å²) in [6, 6.07) is 1.33. The van der Waals surface area contributed by atoms with Crippen LogP contribution in [-0.4, -0.2) is 17.9 Å². The third-order valence-corrected chi connectivity index (χ3v) is 5.47. The van der Waals surface area contributed by atoms with Gasteiger partial charge in [0, 0.05) is 6.20 Å². The van der Waals surface area contributed by atoms with Crippen molar-refractivity contribution in [2.75, 3.05) is 0 Å². The van der Waals surface area contributed by atoms with Gasteiger partial charge < -0.3 is 0 Å². The molecule has 0 saturated carbocycles. The van der Waals surface area contributed by atoms with Crippen LogP contribution in [0.25, 0.3) is 5.69 Å². The van der Waals surface area contributed by atoms with Crippen molar-refractivity contribution in [3.05, 3.63) is 39.6 Å². The lowest BCUT2D eigenvalue weighted by Crippen LogP contribution is -2.13. The van der Waals surface area contributed by atoms with E-state index in [1.54, 1.807) is 0 Å². The topological polar surface area (TPSA) is 34.9 Å². The lowest BCUT2D eigenvalue weighted by Gasteiger charge is -2.12. The Balaban J connectivity index is 2.57. The minimum Gasteiger partial charge on any atom is -0.248 e. The minimum absolute atomic E-state index is 0.0867. The fraction of sp³-hybridized carbons (Fsp3) is 0.250. The molecule has 12 heteroatoms. The second-order valence-corrected chi connectivity index (χ2v) is 8.56. The monoisotopic (exact) mass is 442 g/mol. The molecule has 1 aromatic carbocycles. The standard InChI is InChI=1S/C12H6Cl4F4N2OS/c1-5-9(24(23)12(15,16)20)4-22(21-5)10-7(13)2-6(3-8(10)14)11(17,18)19/h2-4H,1H3. The van der Waals surface area contributed by atoms with E-state index in [9.17, 15) is 21.8 Å². The average molecular weight is 444 g/mol. The van der Waals surface area contributed by atoms with Gasteiger partial charge in [0.25, 0.3) is 0 Å². The number of aromatic nitrogens is 2. The van der Waals surface area contributed by atoms with Crippen molar-refractivity contribution in [1.29, 1.82) is 0 Å². The summed E-state index contributed by atoms with van der Waals surface area (Å²) < 4.78 is 61.4. The van der Waals surface area contributed by atoms with Crippen LogP contribution in [0.1, 0.15) is 11.3 Å². The molecule has 1 atom stereocenters. The van der Waals surface area contributed by atoms with Gasteiger partial charge in [-0.2, -0.15) is 22.7 Å². The summed E-state index contributed by atoms with van der Waals surface area (Å²) >= 11 is 22.0. The molecule has 2 aromatic rings. The number of alkyl halides is 6. The Morgan fingerprint density at radius 3 is 2.04 bits per heavy atom. The Hall–Kier alpha value is -0.540. The smallest absolute Gasteiger partial charge is 0.248 e. The normalized spacial score (nSPS) is 14.0. The lowest BCUT2D eigenvalue weighted by molar-refractivity contribution is -0.137. The van der Waals surface area contributed by atoms with E-state index in [4.69, 9.17) is 46.4 Å². The molecular weight excluding hydrogens is 438 g/mol. The first kappa shape index (κ1) is 19.8. The fourth-order valence-electron chi connectivity index (χ4n) is 1.81. The zero-order valence-corrected chi connectivity index (χ0v) is 15.3. The molecule has 0 radical (unpaired) electrons. The summed E-state index contributed by atoms with van der Waals surface area (Å²) in [6.45, 7) is 1.38. The van der Waals surface area contributed by atoms with Crippen molar-refractivity contribution in [1.82, 2.24) is 9.78 Å². The maximum atomic E-state index is 13.4. The number of hydrogen-bond donors (Lipinski definition) is 0. The van der Waals surface area contributed by atoms with Gasteiger partial charge in [0.15, 0.2) is 0 Å². The maximum absolute atomic E-state index is 13.4. The molecule has 0 N–H and O–H groups in total. The molecule has 0 saturated heterocycles. The average Bonchev–Trinajstić information content (AvgIpc) is 2.76. The molecule has 0 aliphatic heterocycles. The zero-order valence-electron chi connectivity index (χ0n) is 11.5. The lowest BCUT2D eigenvalue weighted by atomic mass is 10.2. The summed E-state index contributed by atoms with van der Waals surface area (Å²) in [5, 5.41) is 3.22. The van der Waals surface area contributed by atoms with Crippen molar-refractivity contribution in [2.24, 2.45) is 0 Å². The third-order valence-electron chi connectivity index (χ3n) is 2.84. The summed E-state index contributed by atoms with van der Waals surface area (Å²) in [7, 11) is -2.48. The molecule has 1 aromatic heterocycles. The predicted molar refractivity (Wildman–Crippen MR) is 85.3 cm³/mol. The van der Waals surface area contributed by atoms with Crippen molar-refractivity contribution in [3.63, 3.8) is 0 Å². The second kappa shape index (κ2) is 6.64. The van der Waals surface area contributed by atoms with Crippen LogP contribution in [0.3, 0.4) is 0 Å². The predicted octanol–water partition coefficient (Wildman–Crippen LogP) is 5.67. The molecule has 132 valence electrons. The molecule has 2 rings (SSSR count). The summed E-state index contributed by atoms with van der Waals surface area (Å²) in [5.74, 6) is 0. The van der Waals surface area contributed by atoms with Crippen LogP contribution in [0, 0.1) is 6.92 Å². The number of aryl methyl sites for hydroxylation is 1. The van der Waals surface area contributed by atoms with Crippen molar-refractivity contribution < 1.29 is 21.8 Å².